The Morgan fingerprint density at radius 3 is 2.81 bits per heavy atom. The second kappa shape index (κ2) is 4.26. The lowest BCUT2D eigenvalue weighted by atomic mass is 10.1. The van der Waals surface area contributed by atoms with Crippen LogP contribution in [0.1, 0.15) is 21.9 Å². The van der Waals surface area contributed by atoms with E-state index < -0.39 is 0 Å². The van der Waals surface area contributed by atoms with Crippen LogP contribution >= 0.6 is 0 Å². The monoisotopic (exact) mass is 215 g/mol. The molecule has 0 unspecified atom stereocenters. The van der Waals surface area contributed by atoms with E-state index in [-0.39, 0.29) is 5.78 Å². The molecule has 0 atom stereocenters. The van der Waals surface area contributed by atoms with Crippen molar-refractivity contribution < 1.29 is 4.79 Å². The summed E-state index contributed by atoms with van der Waals surface area (Å²) in [5.41, 5.74) is 2.33. The van der Waals surface area contributed by atoms with Gasteiger partial charge in [-0.05, 0) is 25.1 Å². The average molecular weight is 215 g/mol. The van der Waals surface area contributed by atoms with Crippen molar-refractivity contribution in [2.75, 3.05) is 0 Å². The highest BCUT2D eigenvalue weighted by molar-refractivity contribution is 5.95. The number of hydrogen-bond acceptors (Lipinski definition) is 3. The summed E-state index contributed by atoms with van der Waals surface area (Å²) in [4.78, 5) is 15.9. The fourth-order valence-corrected chi connectivity index (χ4v) is 1.61. The highest BCUT2D eigenvalue weighted by atomic mass is 16.1. The molecule has 4 heteroatoms. The minimum atomic E-state index is 0.0172. The van der Waals surface area contributed by atoms with E-state index in [0.717, 1.165) is 11.4 Å². The first kappa shape index (κ1) is 10.5. The van der Waals surface area contributed by atoms with E-state index in [9.17, 15) is 4.79 Å². The molecule has 0 saturated carbocycles. The number of Topliss-reactive ketones (excluding diaryl/α,β-unsaturated/α-hetero) is 1. The molecule has 82 valence electrons. The quantitative estimate of drug-likeness (QED) is 0.730. The predicted octanol–water partition coefficient (Wildman–Crippen LogP) is 1.55. The molecule has 0 radical (unpaired) electrons. The number of hydrogen-bond donors (Lipinski definition) is 0. The van der Waals surface area contributed by atoms with Gasteiger partial charge in [-0.3, -0.25) is 14.5 Å². The van der Waals surface area contributed by atoms with E-state index in [1.807, 2.05) is 26.1 Å². The third kappa shape index (κ3) is 2.16. The van der Waals surface area contributed by atoms with Gasteiger partial charge < -0.3 is 0 Å². The molecule has 2 aromatic heterocycles. The van der Waals surface area contributed by atoms with E-state index in [2.05, 4.69) is 10.1 Å². The first-order valence-corrected chi connectivity index (χ1v) is 5.10. The van der Waals surface area contributed by atoms with Gasteiger partial charge in [-0.2, -0.15) is 5.10 Å². The van der Waals surface area contributed by atoms with E-state index in [0.29, 0.717) is 12.1 Å². The molecular formula is C12H13N3O. The van der Waals surface area contributed by atoms with Crippen LogP contribution < -0.4 is 0 Å². The van der Waals surface area contributed by atoms with Crippen LogP contribution in [0.3, 0.4) is 0 Å². The van der Waals surface area contributed by atoms with E-state index >= 15 is 0 Å². The van der Waals surface area contributed by atoms with Crippen molar-refractivity contribution >= 4 is 5.78 Å². The molecule has 2 heterocycles. The summed E-state index contributed by atoms with van der Waals surface area (Å²) in [6.07, 6.45) is 1.97. The van der Waals surface area contributed by atoms with Gasteiger partial charge in [0.1, 0.15) is 5.69 Å². The number of pyridine rings is 1. The molecule has 16 heavy (non-hydrogen) atoms. The molecule has 0 saturated heterocycles. The summed E-state index contributed by atoms with van der Waals surface area (Å²) >= 11 is 0. The number of ketones is 1. The zero-order valence-corrected chi connectivity index (χ0v) is 9.34. The minimum absolute atomic E-state index is 0.0172. The third-order valence-electron chi connectivity index (χ3n) is 2.39. The molecule has 0 spiro atoms. The maximum atomic E-state index is 11.9. The normalized spacial score (nSPS) is 10.4. The van der Waals surface area contributed by atoms with Crippen LogP contribution in [0, 0.1) is 6.92 Å². The Kier molecular flexibility index (Phi) is 2.81. The summed E-state index contributed by atoms with van der Waals surface area (Å²) < 4.78 is 1.73. The molecular weight excluding hydrogens is 202 g/mol. The molecule has 0 aromatic carbocycles. The standard InChI is InChI=1S/C12H13N3O/c1-9-7-10(15(2)14-9)8-12(16)11-5-3-4-6-13-11/h3-7H,8H2,1-2H3. The first-order chi connectivity index (χ1) is 7.66. The first-order valence-electron chi connectivity index (χ1n) is 5.10. The number of carbonyl (C=O) groups is 1. The second-order valence-electron chi connectivity index (χ2n) is 3.72. The number of nitrogens with zero attached hydrogens (tertiary/aromatic N) is 3. The summed E-state index contributed by atoms with van der Waals surface area (Å²) in [6.45, 7) is 1.91. The van der Waals surface area contributed by atoms with Crippen molar-refractivity contribution in [1.82, 2.24) is 14.8 Å². The molecule has 2 aromatic rings. The van der Waals surface area contributed by atoms with Crippen LogP contribution in [0.15, 0.2) is 30.5 Å². The summed E-state index contributed by atoms with van der Waals surface area (Å²) in [5, 5.41) is 4.20. The Morgan fingerprint density at radius 1 is 1.44 bits per heavy atom. The van der Waals surface area contributed by atoms with Gasteiger partial charge in [-0.15, -0.1) is 0 Å². The predicted molar refractivity (Wildman–Crippen MR) is 60.2 cm³/mol. The van der Waals surface area contributed by atoms with Crippen molar-refractivity contribution in [3.63, 3.8) is 0 Å². The lowest BCUT2D eigenvalue weighted by Gasteiger charge is -2.00. The zero-order chi connectivity index (χ0) is 11.5. The summed E-state index contributed by atoms with van der Waals surface area (Å²) in [7, 11) is 1.84. The Hall–Kier alpha value is -1.97. The van der Waals surface area contributed by atoms with Crippen LogP contribution in [-0.4, -0.2) is 20.5 Å². The number of carbonyl (C=O) groups excluding carboxylic acids is 1. The lowest BCUT2D eigenvalue weighted by molar-refractivity contribution is 0.0986. The average Bonchev–Trinajstić information content (AvgIpc) is 2.59. The van der Waals surface area contributed by atoms with Crippen LogP contribution in [0.5, 0.6) is 0 Å². The second-order valence-corrected chi connectivity index (χ2v) is 3.72. The topological polar surface area (TPSA) is 47.8 Å². The summed E-state index contributed by atoms with van der Waals surface area (Å²) in [6, 6.07) is 7.26. The van der Waals surface area contributed by atoms with Crippen LogP contribution in [0.4, 0.5) is 0 Å². The van der Waals surface area contributed by atoms with Gasteiger partial charge in [0, 0.05) is 18.9 Å². The van der Waals surface area contributed by atoms with E-state index in [1.54, 1.807) is 23.0 Å². The SMILES string of the molecule is Cc1cc(CC(=O)c2ccccn2)n(C)n1. The fourth-order valence-electron chi connectivity index (χ4n) is 1.61. The highest BCUT2D eigenvalue weighted by Crippen LogP contribution is 2.06. The third-order valence-corrected chi connectivity index (χ3v) is 2.39. The molecule has 2 rings (SSSR count). The maximum absolute atomic E-state index is 11.9. The smallest absolute Gasteiger partial charge is 0.187 e. The maximum Gasteiger partial charge on any atom is 0.187 e. The van der Waals surface area contributed by atoms with Gasteiger partial charge in [0.05, 0.1) is 12.1 Å². The van der Waals surface area contributed by atoms with E-state index in [4.69, 9.17) is 0 Å². The number of aryl methyl sites for hydroxylation is 2. The Morgan fingerprint density at radius 2 is 2.25 bits per heavy atom. The van der Waals surface area contributed by atoms with Gasteiger partial charge in [-0.1, -0.05) is 6.07 Å². The molecule has 0 aliphatic heterocycles. The van der Waals surface area contributed by atoms with Gasteiger partial charge in [0.25, 0.3) is 0 Å². The molecule has 0 bridgehead atoms. The summed E-state index contributed by atoms with van der Waals surface area (Å²) in [5.74, 6) is 0.0172. The Balaban J connectivity index is 2.17. The molecule has 0 amide bonds. The number of rotatable bonds is 3. The molecule has 4 nitrogen and oxygen atoms in total. The number of aromatic nitrogens is 3. The van der Waals surface area contributed by atoms with Crippen LogP contribution in [0.2, 0.25) is 0 Å². The fraction of sp³-hybridized carbons (Fsp3) is 0.250. The van der Waals surface area contributed by atoms with Crippen molar-refractivity contribution in [3.05, 3.63) is 47.5 Å². The Labute approximate surface area is 93.9 Å². The molecule has 0 fully saturated rings. The van der Waals surface area contributed by atoms with Gasteiger partial charge >= 0.3 is 0 Å². The van der Waals surface area contributed by atoms with Gasteiger partial charge in [0.2, 0.25) is 0 Å². The van der Waals surface area contributed by atoms with Crippen LogP contribution in [-0.2, 0) is 13.5 Å². The molecule has 0 aliphatic carbocycles. The van der Waals surface area contributed by atoms with Crippen molar-refractivity contribution in [1.29, 1.82) is 0 Å². The lowest BCUT2D eigenvalue weighted by Crippen LogP contribution is -2.09. The molecule has 0 N–H and O–H groups in total. The van der Waals surface area contributed by atoms with Crippen molar-refractivity contribution in [2.45, 2.75) is 13.3 Å². The Bertz CT molecular complexity index is 502. The molecule has 0 aliphatic rings. The van der Waals surface area contributed by atoms with Gasteiger partial charge in [-0.25, -0.2) is 0 Å². The van der Waals surface area contributed by atoms with E-state index in [1.165, 1.54) is 0 Å². The van der Waals surface area contributed by atoms with Crippen molar-refractivity contribution in [2.24, 2.45) is 7.05 Å². The minimum Gasteiger partial charge on any atom is -0.292 e. The highest BCUT2D eigenvalue weighted by Gasteiger charge is 2.11. The van der Waals surface area contributed by atoms with Gasteiger partial charge in [0.15, 0.2) is 5.78 Å². The van der Waals surface area contributed by atoms with Crippen LogP contribution in [0.25, 0.3) is 0 Å². The zero-order valence-electron chi connectivity index (χ0n) is 9.34. The largest absolute Gasteiger partial charge is 0.292 e. The van der Waals surface area contributed by atoms with Crippen molar-refractivity contribution in [3.8, 4) is 0 Å².